The lowest BCUT2D eigenvalue weighted by Gasteiger charge is -2.22. The molecule has 188 valence electrons. The molecule has 0 aliphatic carbocycles. The van der Waals surface area contributed by atoms with Crippen LogP contribution in [0.25, 0.3) is 0 Å². The maximum absolute atomic E-state index is 5.81. The average Bonchev–Trinajstić information content (AvgIpc) is 3.21. The number of rotatable bonds is 9. The molecule has 2 rings (SSSR count). The molecule has 0 saturated carbocycles. The number of hydrogen-bond donors (Lipinski definition) is 3. The van der Waals surface area contributed by atoms with Crippen LogP contribution in [-0.2, 0) is 4.74 Å². The van der Waals surface area contributed by atoms with E-state index >= 15 is 0 Å². The van der Waals surface area contributed by atoms with E-state index in [9.17, 15) is 0 Å². The van der Waals surface area contributed by atoms with Crippen molar-refractivity contribution in [1.82, 2.24) is 10.2 Å². The molecule has 4 N–H and O–H groups in total. The summed E-state index contributed by atoms with van der Waals surface area (Å²) in [5.74, 6) is 2.20. The van der Waals surface area contributed by atoms with Gasteiger partial charge in [0.15, 0.2) is 17.4 Å². The molecular weight excluding hydrogens is 458 g/mol. The Balaban J connectivity index is 2.47. The number of hydrogen-bond acceptors (Lipinski definition) is 7. The Hall–Kier alpha value is -3.46. The third-order valence-corrected chi connectivity index (χ3v) is 5.97. The van der Waals surface area contributed by atoms with Crippen LogP contribution in [0.1, 0.15) is 33.4 Å². The standard InChI is InChI=1S/C26H37N7OS/c1-17-14-23(32-31-17)30-25(24(34-9)18(2)20(15-27)16-28-7)29-19(3)33(8)21-10-12-22(13-11-21)35-26(4,5)6/h10-16H,2,27H2,1,3-9H3,(H2,30,31,32)/b20-15+,25-24-,28-16?,29-19+. The van der Waals surface area contributed by atoms with Crippen molar-refractivity contribution < 1.29 is 4.74 Å². The number of aromatic amines is 1. The summed E-state index contributed by atoms with van der Waals surface area (Å²) >= 11 is 1.83. The zero-order valence-corrected chi connectivity index (χ0v) is 22.7. The van der Waals surface area contributed by atoms with Gasteiger partial charge in [0.1, 0.15) is 5.84 Å². The summed E-state index contributed by atoms with van der Waals surface area (Å²) in [5.41, 5.74) is 8.89. The summed E-state index contributed by atoms with van der Waals surface area (Å²) in [5, 5.41) is 10.4. The molecule has 1 aromatic carbocycles. The topological polar surface area (TPSA) is 104 Å². The fourth-order valence-electron chi connectivity index (χ4n) is 3.11. The summed E-state index contributed by atoms with van der Waals surface area (Å²) in [6.45, 7) is 14.6. The number of nitrogens with zero attached hydrogens (tertiary/aromatic N) is 4. The number of aliphatic imine (C=N–C) groups is 2. The first-order valence-electron chi connectivity index (χ1n) is 11.2. The third-order valence-electron chi connectivity index (χ3n) is 4.85. The highest BCUT2D eigenvalue weighted by Gasteiger charge is 2.17. The van der Waals surface area contributed by atoms with Gasteiger partial charge in [-0.05, 0) is 38.1 Å². The highest BCUT2D eigenvalue weighted by atomic mass is 32.2. The average molecular weight is 496 g/mol. The van der Waals surface area contributed by atoms with Gasteiger partial charge < -0.3 is 20.7 Å². The largest absolute Gasteiger partial charge is 0.492 e. The molecule has 0 aliphatic heterocycles. The van der Waals surface area contributed by atoms with E-state index in [1.807, 2.05) is 43.6 Å². The summed E-state index contributed by atoms with van der Waals surface area (Å²) < 4.78 is 5.88. The lowest BCUT2D eigenvalue weighted by atomic mass is 10.1. The number of benzene rings is 1. The maximum Gasteiger partial charge on any atom is 0.176 e. The van der Waals surface area contributed by atoms with Crippen LogP contribution in [0.3, 0.4) is 0 Å². The molecular formula is C26H37N7OS. The van der Waals surface area contributed by atoms with Gasteiger partial charge in [-0.25, -0.2) is 4.99 Å². The summed E-state index contributed by atoms with van der Waals surface area (Å²) in [6.07, 6.45) is 3.06. The quantitative estimate of drug-likeness (QED) is 0.140. The van der Waals surface area contributed by atoms with Crippen LogP contribution in [0.5, 0.6) is 0 Å². The summed E-state index contributed by atoms with van der Waals surface area (Å²) in [6, 6.07) is 10.3. The van der Waals surface area contributed by atoms with Crippen LogP contribution >= 0.6 is 11.8 Å². The second-order valence-electron chi connectivity index (χ2n) is 8.86. The van der Waals surface area contributed by atoms with Gasteiger partial charge >= 0.3 is 0 Å². The zero-order valence-electron chi connectivity index (χ0n) is 21.9. The second kappa shape index (κ2) is 12.3. The number of nitrogens with one attached hydrogen (secondary N) is 2. The van der Waals surface area contributed by atoms with Crippen molar-refractivity contribution in [3.05, 3.63) is 71.5 Å². The first-order chi connectivity index (χ1) is 16.5. The molecule has 0 fully saturated rings. The molecule has 0 saturated heterocycles. The number of aryl methyl sites for hydroxylation is 1. The fraction of sp³-hybridized carbons (Fsp3) is 0.346. The molecule has 0 spiro atoms. The first kappa shape index (κ1) is 27.8. The zero-order chi connectivity index (χ0) is 26.2. The van der Waals surface area contributed by atoms with Crippen LogP contribution in [0.15, 0.2) is 80.7 Å². The van der Waals surface area contributed by atoms with Crippen LogP contribution in [0.4, 0.5) is 11.5 Å². The van der Waals surface area contributed by atoms with E-state index in [0.29, 0.717) is 28.5 Å². The molecule has 0 radical (unpaired) electrons. The van der Waals surface area contributed by atoms with Crippen molar-refractivity contribution in [1.29, 1.82) is 0 Å². The van der Waals surface area contributed by atoms with E-state index in [1.165, 1.54) is 11.1 Å². The summed E-state index contributed by atoms with van der Waals surface area (Å²) in [7, 11) is 5.20. The van der Waals surface area contributed by atoms with Crippen LogP contribution < -0.4 is 16.0 Å². The first-order valence-corrected chi connectivity index (χ1v) is 12.0. The maximum atomic E-state index is 5.81. The molecule has 1 aromatic heterocycles. The van der Waals surface area contributed by atoms with Gasteiger partial charge in [-0.2, -0.15) is 5.10 Å². The van der Waals surface area contributed by atoms with Gasteiger partial charge in [0, 0.05) is 64.7 Å². The Bertz CT molecular complexity index is 1140. The number of H-pyrrole nitrogens is 1. The van der Waals surface area contributed by atoms with Crippen LogP contribution in [0, 0.1) is 6.92 Å². The second-order valence-corrected chi connectivity index (χ2v) is 10.8. The molecule has 0 atom stereocenters. The van der Waals surface area contributed by atoms with Gasteiger partial charge in [-0.15, -0.1) is 11.8 Å². The van der Waals surface area contributed by atoms with E-state index in [2.05, 4.69) is 72.1 Å². The minimum atomic E-state index is 0.152. The minimum absolute atomic E-state index is 0.152. The molecule has 1 heterocycles. The van der Waals surface area contributed by atoms with Crippen molar-refractivity contribution in [2.75, 3.05) is 31.4 Å². The van der Waals surface area contributed by atoms with E-state index in [1.54, 1.807) is 20.4 Å². The Morgan fingerprint density at radius 3 is 2.43 bits per heavy atom. The number of ether oxygens (including phenoxy) is 1. The normalized spacial score (nSPS) is 13.6. The van der Waals surface area contributed by atoms with Crippen LogP contribution in [0.2, 0.25) is 0 Å². The van der Waals surface area contributed by atoms with E-state index in [0.717, 1.165) is 17.2 Å². The van der Waals surface area contributed by atoms with E-state index in [-0.39, 0.29) is 4.75 Å². The summed E-state index contributed by atoms with van der Waals surface area (Å²) in [4.78, 5) is 12.1. The fourth-order valence-corrected chi connectivity index (χ4v) is 4.09. The van der Waals surface area contributed by atoms with E-state index < -0.39 is 0 Å². The predicted molar refractivity (Wildman–Crippen MR) is 150 cm³/mol. The van der Waals surface area contributed by atoms with Gasteiger partial charge in [-0.1, -0.05) is 27.4 Å². The number of amidine groups is 1. The molecule has 0 aliphatic rings. The van der Waals surface area contributed by atoms with Crippen molar-refractivity contribution in [2.24, 2.45) is 15.7 Å². The number of anilines is 2. The minimum Gasteiger partial charge on any atom is -0.492 e. The smallest absolute Gasteiger partial charge is 0.176 e. The number of thioether (sulfide) groups is 1. The Morgan fingerprint density at radius 1 is 1.29 bits per heavy atom. The van der Waals surface area contributed by atoms with Crippen molar-refractivity contribution in [2.45, 2.75) is 44.3 Å². The van der Waals surface area contributed by atoms with Crippen LogP contribution in [-0.4, -0.2) is 48.2 Å². The predicted octanol–water partition coefficient (Wildman–Crippen LogP) is 5.49. The van der Waals surface area contributed by atoms with Gasteiger partial charge in [0.05, 0.1) is 7.11 Å². The Morgan fingerprint density at radius 2 is 1.94 bits per heavy atom. The lowest BCUT2D eigenvalue weighted by molar-refractivity contribution is 0.298. The van der Waals surface area contributed by atoms with Crippen molar-refractivity contribution >= 4 is 35.3 Å². The Labute approximate surface area is 213 Å². The molecule has 35 heavy (non-hydrogen) atoms. The highest BCUT2D eigenvalue weighted by Crippen LogP contribution is 2.33. The molecule has 9 heteroatoms. The van der Waals surface area contributed by atoms with E-state index in [4.69, 9.17) is 15.5 Å². The molecule has 8 nitrogen and oxygen atoms in total. The SMILES string of the molecule is C=C(/C(C=NC)=C/N)/C(OC)=C(\N=C(/C)N(C)c1ccc(SC(C)(C)C)cc1)Nc1cc(C)[nH]n1. The van der Waals surface area contributed by atoms with Crippen molar-refractivity contribution in [3.63, 3.8) is 0 Å². The van der Waals surface area contributed by atoms with Gasteiger partial charge in [0.2, 0.25) is 0 Å². The molecule has 0 unspecified atom stereocenters. The lowest BCUT2D eigenvalue weighted by Crippen LogP contribution is -2.24. The van der Waals surface area contributed by atoms with Gasteiger partial charge in [-0.3, -0.25) is 10.1 Å². The van der Waals surface area contributed by atoms with Gasteiger partial charge in [0.25, 0.3) is 0 Å². The molecule has 2 aromatic rings. The Kier molecular flexibility index (Phi) is 9.77. The third kappa shape index (κ3) is 8.06. The number of nitrogens with two attached hydrogens (primary N) is 1. The highest BCUT2D eigenvalue weighted by molar-refractivity contribution is 8.00. The molecule has 0 bridgehead atoms. The number of methoxy groups -OCH3 is 1. The number of aromatic nitrogens is 2. The molecule has 0 amide bonds. The van der Waals surface area contributed by atoms with Crippen molar-refractivity contribution in [3.8, 4) is 0 Å². The monoisotopic (exact) mass is 495 g/mol. The number of allylic oxidation sites excluding steroid dienone is 1.